The van der Waals surface area contributed by atoms with E-state index in [9.17, 15) is 4.79 Å². The lowest BCUT2D eigenvalue weighted by molar-refractivity contribution is -0.130. The number of benzene rings is 2. The molecule has 0 unspecified atom stereocenters. The molecule has 28 heavy (non-hydrogen) atoms. The van der Waals surface area contributed by atoms with E-state index in [1.165, 1.54) is 0 Å². The van der Waals surface area contributed by atoms with Crippen molar-refractivity contribution < 1.29 is 19.0 Å². The van der Waals surface area contributed by atoms with Gasteiger partial charge in [0.1, 0.15) is 17.2 Å². The molecule has 0 aliphatic carbocycles. The van der Waals surface area contributed by atoms with Crippen molar-refractivity contribution in [2.75, 3.05) is 51.9 Å². The highest BCUT2D eigenvalue weighted by molar-refractivity contribution is 5.80. The number of piperazine rings is 1. The second-order valence-corrected chi connectivity index (χ2v) is 6.62. The van der Waals surface area contributed by atoms with Gasteiger partial charge in [-0.05, 0) is 37.3 Å². The summed E-state index contributed by atoms with van der Waals surface area (Å²) in [5.74, 6) is 2.43. The van der Waals surface area contributed by atoms with Crippen molar-refractivity contribution in [1.82, 2.24) is 4.90 Å². The van der Waals surface area contributed by atoms with Gasteiger partial charge in [0.2, 0.25) is 5.91 Å². The second kappa shape index (κ2) is 9.35. The number of nitrogens with zero attached hydrogens (tertiary/aromatic N) is 2. The Morgan fingerprint density at radius 3 is 2.39 bits per heavy atom. The predicted octanol–water partition coefficient (Wildman–Crippen LogP) is 2.99. The van der Waals surface area contributed by atoms with E-state index in [4.69, 9.17) is 14.2 Å². The van der Waals surface area contributed by atoms with Crippen LogP contribution < -0.4 is 19.1 Å². The third-order valence-electron chi connectivity index (χ3n) is 4.97. The highest BCUT2D eigenvalue weighted by Crippen LogP contribution is 2.29. The van der Waals surface area contributed by atoms with Crippen molar-refractivity contribution in [3.05, 3.63) is 48.0 Å². The van der Waals surface area contributed by atoms with Gasteiger partial charge in [-0.3, -0.25) is 4.79 Å². The largest absolute Gasteiger partial charge is 0.497 e. The summed E-state index contributed by atoms with van der Waals surface area (Å²) in [7, 11) is 3.23. The lowest BCUT2D eigenvalue weighted by Crippen LogP contribution is -2.49. The first-order chi connectivity index (χ1) is 13.7. The lowest BCUT2D eigenvalue weighted by atomic mass is 10.1. The van der Waals surface area contributed by atoms with Crippen molar-refractivity contribution in [3.63, 3.8) is 0 Å². The maximum atomic E-state index is 12.8. The minimum Gasteiger partial charge on any atom is -0.497 e. The number of carbonyl (C=O) groups excluding carboxylic acids is 1. The van der Waals surface area contributed by atoms with E-state index in [1.807, 2.05) is 48.2 Å². The molecule has 2 aromatic rings. The van der Waals surface area contributed by atoms with Crippen LogP contribution in [0.25, 0.3) is 0 Å². The Morgan fingerprint density at radius 1 is 0.964 bits per heavy atom. The van der Waals surface area contributed by atoms with Crippen LogP contribution in [0.1, 0.15) is 12.5 Å². The fourth-order valence-corrected chi connectivity index (χ4v) is 3.49. The first-order valence-electron chi connectivity index (χ1n) is 9.61. The number of amides is 1. The number of hydrogen-bond donors (Lipinski definition) is 0. The summed E-state index contributed by atoms with van der Waals surface area (Å²) in [6.45, 7) is 5.56. The molecule has 0 spiro atoms. The summed E-state index contributed by atoms with van der Waals surface area (Å²) in [4.78, 5) is 17.0. The number of para-hydroxylation sites is 2. The molecule has 150 valence electrons. The summed E-state index contributed by atoms with van der Waals surface area (Å²) in [5.41, 5.74) is 1.93. The van der Waals surface area contributed by atoms with E-state index in [0.717, 1.165) is 35.8 Å². The smallest absolute Gasteiger partial charge is 0.227 e. The molecule has 1 heterocycles. The van der Waals surface area contributed by atoms with Gasteiger partial charge in [0.05, 0.1) is 32.9 Å². The maximum absolute atomic E-state index is 12.8. The highest BCUT2D eigenvalue weighted by atomic mass is 16.5. The summed E-state index contributed by atoms with van der Waals surface area (Å²) < 4.78 is 16.4. The van der Waals surface area contributed by atoms with Crippen LogP contribution in [0.2, 0.25) is 0 Å². The molecule has 6 heteroatoms. The molecule has 1 fully saturated rings. The van der Waals surface area contributed by atoms with Crippen LogP contribution in [0, 0.1) is 0 Å². The zero-order valence-electron chi connectivity index (χ0n) is 16.8. The molecule has 2 aromatic carbocycles. The van der Waals surface area contributed by atoms with E-state index < -0.39 is 0 Å². The molecule has 6 nitrogen and oxygen atoms in total. The Bertz CT molecular complexity index is 801. The number of hydrogen-bond acceptors (Lipinski definition) is 5. The number of rotatable bonds is 7. The lowest BCUT2D eigenvalue weighted by Gasteiger charge is -2.36. The topological polar surface area (TPSA) is 51.2 Å². The van der Waals surface area contributed by atoms with Crippen molar-refractivity contribution in [2.45, 2.75) is 13.3 Å². The molecular weight excluding hydrogens is 356 g/mol. The fraction of sp³-hybridized carbons (Fsp3) is 0.409. The van der Waals surface area contributed by atoms with E-state index in [-0.39, 0.29) is 5.91 Å². The van der Waals surface area contributed by atoms with Gasteiger partial charge < -0.3 is 24.0 Å². The number of methoxy groups -OCH3 is 2. The van der Waals surface area contributed by atoms with Crippen LogP contribution in [-0.4, -0.2) is 57.8 Å². The quantitative estimate of drug-likeness (QED) is 0.735. The molecule has 0 atom stereocenters. The van der Waals surface area contributed by atoms with Gasteiger partial charge in [-0.1, -0.05) is 12.1 Å². The minimum absolute atomic E-state index is 0.101. The Balaban J connectivity index is 1.63. The third kappa shape index (κ3) is 4.50. The summed E-state index contributed by atoms with van der Waals surface area (Å²) in [6.07, 6.45) is 0.301. The molecule has 1 aliphatic rings. The van der Waals surface area contributed by atoms with Crippen molar-refractivity contribution in [2.24, 2.45) is 0 Å². The Labute approximate surface area is 166 Å². The summed E-state index contributed by atoms with van der Waals surface area (Å²) in [6, 6.07) is 13.6. The molecule has 0 bridgehead atoms. The van der Waals surface area contributed by atoms with E-state index >= 15 is 0 Å². The molecule has 0 aromatic heterocycles. The summed E-state index contributed by atoms with van der Waals surface area (Å²) in [5, 5.41) is 0. The third-order valence-corrected chi connectivity index (χ3v) is 4.97. The molecule has 1 aliphatic heterocycles. The minimum atomic E-state index is 0.101. The SMILES string of the molecule is CCOc1ccccc1N1CCN(C(=O)Cc2cc(OC)ccc2OC)CC1. The van der Waals surface area contributed by atoms with Crippen LogP contribution in [0.5, 0.6) is 17.2 Å². The molecule has 1 amide bonds. The van der Waals surface area contributed by atoms with Crippen LogP contribution in [0.3, 0.4) is 0 Å². The van der Waals surface area contributed by atoms with Gasteiger partial charge in [-0.25, -0.2) is 0 Å². The normalized spacial score (nSPS) is 14.0. The molecule has 0 saturated carbocycles. The van der Waals surface area contributed by atoms with Crippen LogP contribution in [0.15, 0.2) is 42.5 Å². The van der Waals surface area contributed by atoms with Gasteiger partial charge in [-0.2, -0.15) is 0 Å². The van der Waals surface area contributed by atoms with E-state index in [0.29, 0.717) is 31.9 Å². The van der Waals surface area contributed by atoms with Crippen molar-refractivity contribution in [1.29, 1.82) is 0 Å². The second-order valence-electron chi connectivity index (χ2n) is 6.62. The molecule has 3 rings (SSSR count). The zero-order chi connectivity index (χ0) is 19.9. The van der Waals surface area contributed by atoms with Gasteiger partial charge >= 0.3 is 0 Å². The average Bonchev–Trinajstić information content (AvgIpc) is 2.74. The zero-order valence-corrected chi connectivity index (χ0v) is 16.8. The maximum Gasteiger partial charge on any atom is 0.227 e. The van der Waals surface area contributed by atoms with Gasteiger partial charge in [0, 0.05) is 31.7 Å². The first kappa shape index (κ1) is 19.9. The predicted molar refractivity (Wildman–Crippen MR) is 110 cm³/mol. The molecule has 0 N–H and O–H groups in total. The van der Waals surface area contributed by atoms with Gasteiger partial charge in [0.15, 0.2) is 0 Å². The van der Waals surface area contributed by atoms with Crippen LogP contribution in [-0.2, 0) is 11.2 Å². The Morgan fingerprint density at radius 2 is 1.71 bits per heavy atom. The Kier molecular flexibility index (Phi) is 6.63. The monoisotopic (exact) mass is 384 g/mol. The highest BCUT2D eigenvalue weighted by Gasteiger charge is 2.23. The fourth-order valence-electron chi connectivity index (χ4n) is 3.49. The van der Waals surface area contributed by atoms with E-state index in [1.54, 1.807) is 14.2 Å². The number of ether oxygens (including phenoxy) is 3. The van der Waals surface area contributed by atoms with Crippen molar-refractivity contribution in [3.8, 4) is 17.2 Å². The summed E-state index contributed by atoms with van der Waals surface area (Å²) >= 11 is 0. The Hall–Kier alpha value is -2.89. The standard InChI is InChI=1S/C22H28N2O4/c1-4-28-21-8-6-5-7-19(21)23-11-13-24(14-12-23)22(25)16-17-15-18(26-2)9-10-20(17)27-3/h5-10,15H,4,11-14,16H2,1-3H3. The van der Waals surface area contributed by atoms with Crippen molar-refractivity contribution >= 4 is 11.6 Å². The molecular formula is C22H28N2O4. The van der Waals surface area contributed by atoms with Crippen LogP contribution in [0.4, 0.5) is 5.69 Å². The number of anilines is 1. The van der Waals surface area contributed by atoms with E-state index in [2.05, 4.69) is 11.0 Å². The first-order valence-corrected chi connectivity index (χ1v) is 9.61. The number of carbonyl (C=O) groups is 1. The van der Waals surface area contributed by atoms with Gasteiger partial charge in [-0.15, -0.1) is 0 Å². The molecule has 1 saturated heterocycles. The van der Waals surface area contributed by atoms with Crippen LogP contribution >= 0.6 is 0 Å². The average molecular weight is 384 g/mol. The molecule has 0 radical (unpaired) electrons. The van der Waals surface area contributed by atoms with Gasteiger partial charge in [0.25, 0.3) is 0 Å².